The lowest BCUT2D eigenvalue weighted by Crippen LogP contribution is -2.45. The van der Waals surface area contributed by atoms with Crippen LogP contribution in [-0.2, 0) is 4.79 Å². The van der Waals surface area contributed by atoms with Crippen molar-refractivity contribution in [2.45, 2.75) is 26.7 Å². The van der Waals surface area contributed by atoms with Crippen molar-refractivity contribution in [3.05, 3.63) is 0 Å². The zero-order valence-corrected chi connectivity index (χ0v) is 12.0. The lowest BCUT2D eigenvalue weighted by Gasteiger charge is -2.38. The van der Waals surface area contributed by atoms with Crippen LogP contribution in [0.1, 0.15) is 26.7 Å². The first-order valence-electron chi connectivity index (χ1n) is 7.17. The van der Waals surface area contributed by atoms with E-state index in [4.69, 9.17) is 0 Å². The van der Waals surface area contributed by atoms with E-state index in [0.29, 0.717) is 5.92 Å². The molecule has 2 aliphatic heterocycles. The van der Waals surface area contributed by atoms with Crippen molar-refractivity contribution in [3.8, 4) is 0 Å². The van der Waals surface area contributed by atoms with Crippen LogP contribution < -0.4 is 10.6 Å². The Morgan fingerprint density at radius 2 is 2.06 bits per heavy atom. The molecule has 0 aromatic rings. The summed E-state index contributed by atoms with van der Waals surface area (Å²) in [5.41, 5.74) is 0.289. The van der Waals surface area contributed by atoms with Crippen molar-refractivity contribution in [2.75, 3.05) is 39.8 Å². The van der Waals surface area contributed by atoms with E-state index in [0.717, 1.165) is 32.7 Å². The van der Waals surface area contributed by atoms with E-state index in [-0.39, 0.29) is 17.2 Å². The Morgan fingerprint density at radius 1 is 1.39 bits per heavy atom. The molecule has 2 heterocycles. The fraction of sp³-hybridized carbons (Fsp3) is 0.929. The van der Waals surface area contributed by atoms with Crippen LogP contribution in [0.3, 0.4) is 0 Å². The van der Waals surface area contributed by atoms with Gasteiger partial charge >= 0.3 is 0 Å². The van der Waals surface area contributed by atoms with Gasteiger partial charge in [-0.1, -0.05) is 13.8 Å². The van der Waals surface area contributed by atoms with E-state index in [1.807, 2.05) is 0 Å². The lowest BCUT2D eigenvalue weighted by atomic mass is 9.80. The minimum Gasteiger partial charge on any atom is -0.355 e. The molecule has 0 bridgehead atoms. The molecule has 0 radical (unpaired) electrons. The molecule has 2 aliphatic rings. The highest BCUT2D eigenvalue weighted by molar-refractivity contribution is 5.79. The van der Waals surface area contributed by atoms with Crippen LogP contribution in [0.25, 0.3) is 0 Å². The standard InChI is InChI=1S/C14H27N3O/c1-11-8-15-9-12(11)13(18)16-10-14(2)4-6-17(3)7-5-14/h11-12,15H,4-10H2,1-3H3,(H,16,18)/t11-,12-/m1/s1. The van der Waals surface area contributed by atoms with E-state index < -0.39 is 0 Å². The number of likely N-dealkylation sites (tertiary alicyclic amines) is 1. The second-order valence-electron chi connectivity index (χ2n) is 6.57. The molecule has 1 amide bonds. The van der Waals surface area contributed by atoms with Crippen LogP contribution in [0.2, 0.25) is 0 Å². The number of carbonyl (C=O) groups excluding carboxylic acids is 1. The second-order valence-corrected chi connectivity index (χ2v) is 6.57. The summed E-state index contributed by atoms with van der Waals surface area (Å²) in [5, 5.41) is 6.47. The predicted molar refractivity (Wildman–Crippen MR) is 73.4 cm³/mol. The Morgan fingerprint density at radius 3 is 2.61 bits per heavy atom. The van der Waals surface area contributed by atoms with Crippen LogP contribution >= 0.6 is 0 Å². The van der Waals surface area contributed by atoms with E-state index in [9.17, 15) is 4.79 Å². The van der Waals surface area contributed by atoms with Gasteiger partial charge in [-0.2, -0.15) is 0 Å². The van der Waals surface area contributed by atoms with Gasteiger partial charge in [-0.05, 0) is 50.9 Å². The highest BCUT2D eigenvalue weighted by Crippen LogP contribution is 2.29. The number of piperidine rings is 1. The van der Waals surface area contributed by atoms with Crippen LogP contribution in [0, 0.1) is 17.3 Å². The third-order valence-electron chi connectivity index (χ3n) is 4.74. The molecule has 0 spiro atoms. The van der Waals surface area contributed by atoms with Crippen LogP contribution in [0.4, 0.5) is 0 Å². The summed E-state index contributed by atoms with van der Waals surface area (Å²) in [5.74, 6) is 0.878. The average molecular weight is 253 g/mol. The van der Waals surface area contributed by atoms with Crippen LogP contribution in [0.15, 0.2) is 0 Å². The first kappa shape index (κ1) is 13.8. The molecular formula is C14H27N3O. The summed E-state index contributed by atoms with van der Waals surface area (Å²) in [6.07, 6.45) is 2.37. The Kier molecular flexibility index (Phi) is 4.28. The lowest BCUT2D eigenvalue weighted by molar-refractivity contribution is -0.126. The third-order valence-corrected chi connectivity index (χ3v) is 4.74. The molecule has 4 nitrogen and oxygen atoms in total. The zero-order chi connectivity index (χ0) is 13.2. The fourth-order valence-electron chi connectivity index (χ4n) is 2.93. The summed E-state index contributed by atoms with van der Waals surface area (Å²) < 4.78 is 0. The minimum atomic E-state index is 0.167. The monoisotopic (exact) mass is 253 g/mol. The van der Waals surface area contributed by atoms with Gasteiger partial charge in [0.1, 0.15) is 0 Å². The minimum absolute atomic E-state index is 0.167. The molecule has 2 N–H and O–H groups in total. The maximum Gasteiger partial charge on any atom is 0.224 e. The van der Waals surface area contributed by atoms with Crippen molar-refractivity contribution in [1.82, 2.24) is 15.5 Å². The van der Waals surface area contributed by atoms with Crippen molar-refractivity contribution in [2.24, 2.45) is 17.3 Å². The number of nitrogens with one attached hydrogen (secondary N) is 2. The molecular weight excluding hydrogens is 226 g/mol. The molecule has 104 valence electrons. The van der Waals surface area contributed by atoms with Gasteiger partial charge in [-0.25, -0.2) is 0 Å². The molecule has 0 aromatic heterocycles. The van der Waals surface area contributed by atoms with Crippen LogP contribution in [-0.4, -0.2) is 50.6 Å². The maximum atomic E-state index is 12.1. The quantitative estimate of drug-likeness (QED) is 0.778. The normalized spacial score (nSPS) is 32.4. The fourth-order valence-corrected chi connectivity index (χ4v) is 2.93. The van der Waals surface area contributed by atoms with E-state index in [1.54, 1.807) is 0 Å². The molecule has 0 unspecified atom stereocenters. The molecule has 2 fully saturated rings. The first-order valence-corrected chi connectivity index (χ1v) is 7.17. The second kappa shape index (κ2) is 5.57. The van der Waals surface area contributed by atoms with Gasteiger partial charge in [0, 0.05) is 13.1 Å². The van der Waals surface area contributed by atoms with Gasteiger partial charge in [0.15, 0.2) is 0 Å². The molecule has 0 aliphatic carbocycles. The van der Waals surface area contributed by atoms with Gasteiger partial charge in [-0.3, -0.25) is 4.79 Å². The Bertz CT molecular complexity index is 297. The average Bonchev–Trinajstić information content (AvgIpc) is 2.77. The Hall–Kier alpha value is -0.610. The topological polar surface area (TPSA) is 44.4 Å². The molecule has 2 atom stereocenters. The van der Waals surface area contributed by atoms with Gasteiger partial charge in [0.25, 0.3) is 0 Å². The predicted octanol–water partition coefficient (Wildman–Crippen LogP) is 0.690. The third kappa shape index (κ3) is 3.23. The van der Waals surface area contributed by atoms with E-state index in [1.165, 1.54) is 12.8 Å². The van der Waals surface area contributed by atoms with Gasteiger partial charge in [0.05, 0.1) is 5.92 Å². The van der Waals surface area contributed by atoms with Gasteiger partial charge in [0.2, 0.25) is 5.91 Å². The molecule has 4 heteroatoms. The smallest absolute Gasteiger partial charge is 0.224 e. The number of carbonyl (C=O) groups is 1. The molecule has 0 saturated carbocycles. The summed E-state index contributed by atoms with van der Waals surface area (Å²) in [4.78, 5) is 14.5. The molecule has 2 rings (SSSR count). The summed E-state index contributed by atoms with van der Waals surface area (Å²) in [7, 11) is 2.17. The van der Waals surface area contributed by atoms with E-state index >= 15 is 0 Å². The number of nitrogens with zero attached hydrogens (tertiary/aromatic N) is 1. The van der Waals surface area contributed by atoms with Crippen LogP contribution in [0.5, 0.6) is 0 Å². The summed E-state index contributed by atoms with van der Waals surface area (Å²) in [6.45, 7) is 9.40. The van der Waals surface area contributed by atoms with Crippen molar-refractivity contribution >= 4 is 5.91 Å². The highest BCUT2D eigenvalue weighted by atomic mass is 16.1. The number of hydrogen-bond donors (Lipinski definition) is 2. The number of rotatable bonds is 3. The molecule has 18 heavy (non-hydrogen) atoms. The van der Waals surface area contributed by atoms with Gasteiger partial charge < -0.3 is 15.5 Å². The Balaban J connectivity index is 1.78. The molecule has 0 aromatic carbocycles. The van der Waals surface area contributed by atoms with Crippen molar-refractivity contribution in [1.29, 1.82) is 0 Å². The zero-order valence-electron chi connectivity index (χ0n) is 12.0. The van der Waals surface area contributed by atoms with Crippen molar-refractivity contribution in [3.63, 3.8) is 0 Å². The SMILES string of the molecule is C[C@@H]1CNC[C@H]1C(=O)NCC1(C)CCN(C)CC1. The number of hydrogen-bond acceptors (Lipinski definition) is 3. The number of amides is 1. The largest absolute Gasteiger partial charge is 0.355 e. The van der Waals surface area contributed by atoms with Gasteiger partial charge in [-0.15, -0.1) is 0 Å². The maximum absolute atomic E-state index is 12.1. The first-order chi connectivity index (χ1) is 8.50. The Labute approximate surface area is 110 Å². The van der Waals surface area contributed by atoms with E-state index in [2.05, 4.69) is 36.4 Å². The highest BCUT2D eigenvalue weighted by Gasteiger charge is 2.33. The van der Waals surface area contributed by atoms with Crippen molar-refractivity contribution < 1.29 is 4.79 Å². The summed E-state index contributed by atoms with van der Waals surface area (Å²) in [6, 6.07) is 0. The summed E-state index contributed by atoms with van der Waals surface area (Å²) >= 11 is 0. The molecule has 2 saturated heterocycles.